The van der Waals surface area contributed by atoms with Gasteiger partial charge < -0.3 is 9.88 Å². The molecule has 2 heterocycles. The Morgan fingerprint density at radius 1 is 1.07 bits per heavy atom. The van der Waals surface area contributed by atoms with E-state index in [0.717, 1.165) is 10.9 Å². The van der Waals surface area contributed by atoms with Gasteiger partial charge in [-0.25, -0.2) is 0 Å². The molecule has 4 aromatic rings. The van der Waals surface area contributed by atoms with Crippen LogP contribution in [0.5, 0.6) is 0 Å². The van der Waals surface area contributed by atoms with Crippen molar-refractivity contribution in [2.24, 2.45) is 7.05 Å². The highest BCUT2D eigenvalue weighted by Gasteiger charge is 2.14. The zero-order valence-corrected chi connectivity index (χ0v) is 16.4. The number of aryl methyl sites for hydroxylation is 1. The Morgan fingerprint density at radius 2 is 1.82 bits per heavy atom. The molecule has 1 N–H and O–H groups in total. The number of hydrogen-bond donors (Lipinski definition) is 1. The third-order valence-corrected chi connectivity index (χ3v) is 5.02. The summed E-state index contributed by atoms with van der Waals surface area (Å²) in [5.41, 5.74) is 4.90. The fourth-order valence-corrected chi connectivity index (χ4v) is 3.43. The first kappa shape index (κ1) is 18.0. The first-order chi connectivity index (χ1) is 13.5. The van der Waals surface area contributed by atoms with Crippen molar-refractivity contribution in [2.45, 2.75) is 26.3 Å². The van der Waals surface area contributed by atoms with Crippen LogP contribution in [0.2, 0.25) is 0 Å². The lowest BCUT2D eigenvalue weighted by Gasteiger charge is -2.07. The Labute approximate surface area is 164 Å². The Morgan fingerprint density at radius 3 is 2.57 bits per heavy atom. The zero-order valence-electron chi connectivity index (χ0n) is 16.4. The molecule has 0 aliphatic carbocycles. The van der Waals surface area contributed by atoms with Gasteiger partial charge >= 0.3 is 0 Å². The quantitative estimate of drug-likeness (QED) is 0.547. The minimum atomic E-state index is -0.127. The molecule has 0 aliphatic heterocycles. The van der Waals surface area contributed by atoms with Gasteiger partial charge in [0.1, 0.15) is 0 Å². The molecule has 0 radical (unpaired) electrons. The standard InChI is InChI=1S/C23H24N4O/c1-16(2)18-10-8-17(9-11-18)13-27-14-19(12-24-27)25-23(28)21-15-26(3)22-7-5-4-6-20(21)22/h4-12,14-16H,13H2,1-3H3,(H,25,28). The van der Waals surface area contributed by atoms with Crippen LogP contribution in [-0.2, 0) is 13.6 Å². The number of anilines is 1. The molecular weight excluding hydrogens is 348 g/mol. The number of nitrogens with zero attached hydrogens (tertiary/aromatic N) is 3. The van der Waals surface area contributed by atoms with Crippen molar-refractivity contribution in [1.82, 2.24) is 14.3 Å². The lowest BCUT2D eigenvalue weighted by atomic mass is 10.0. The third-order valence-electron chi connectivity index (χ3n) is 5.02. The monoisotopic (exact) mass is 372 g/mol. The van der Waals surface area contributed by atoms with E-state index in [2.05, 4.69) is 48.5 Å². The molecule has 0 bridgehead atoms. The highest BCUT2D eigenvalue weighted by atomic mass is 16.1. The number of carbonyl (C=O) groups excluding carboxylic acids is 1. The van der Waals surface area contributed by atoms with Crippen LogP contribution in [-0.4, -0.2) is 20.3 Å². The molecule has 5 heteroatoms. The normalized spacial score (nSPS) is 11.3. The number of fused-ring (bicyclic) bond motifs is 1. The van der Waals surface area contributed by atoms with Gasteiger partial charge in [-0.1, -0.05) is 56.3 Å². The molecular formula is C23H24N4O. The van der Waals surface area contributed by atoms with E-state index < -0.39 is 0 Å². The zero-order chi connectivity index (χ0) is 19.7. The van der Waals surface area contributed by atoms with Crippen molar-refractivity contribution in [2.75, 3.05) is 5.32 Å². The van der Waals surface area contributed by atoms with E-state index in [-0.39, 0.29) is 5.91 Å². The van der Waals surface area contributed by atoms with Gasteiger partial charge in [0.25, 0.3) is 5.91 Å². The van der Waals surface area contributed by atoms with Crippen molar-refractivity contribution in [3.8, 4) is 0 Å². The number of para-hydroxylation sites is 1. The van der Waals surface area contributed by atoms with Crippen LogP contribution in [0.3, 0.4) is 0 Å². The van der Waals surface area contributed by atoms with E-state index in [9.17, 15) is 4.79 Å². The summed E-state index contributed by atoms with van der Waals surface area (Å²) < 4.78 is 3.80. The van der Waals surface area contributed by atoms with E-state index in [1.807, 2.05) is 53.0 Å². The van der Waals surface area contributed by atoms with Crippen molar-refractivity contribution < 1.29 is 4.79 Å². The van der Waals surface area contributed by atoms with Gasteiger partial charge in [0.05, 0.1) is 24.0 Å². The van der Waals surface area contributed by atoms with E-state index in [0.29, 0.717) is 23.7 Å². The van der Waals surface area contributed by atoms with Crippen molar-refractivity contribution >= 4 is 22.5 Å². The second-order valence-electron chi connectivity index (χ2n) is 7.45. The maximum atomic E-state index is 12.7. The number of nitrogens with one attached hydrogen (secondary N) is 1. The molecule has 1 amide bonds. The average Bonchev–Trinajstić information content (AvgIpc) is 3.27. The van der Waals surface area contributed by atoms with Gasteiger partial charge in [-0.15, -0.1) is 0 Å². The molecule has 0 atom stereocenters. The summed E-state index contributed by atoms with van der Waals surface area (Å²) in [7, 11) is 1.95. The van der Waals surface area contributed by atoms with Crippen LogP contribution in [0.4, 0.5) is 5.69 Å². The Balaban J connectivity index is 1.47. The lowest BCUT2D eigenvalue weighted by molar-refractivity contribution is 0.102. The van der Waals surface area contributed by atoms with Crippen LogP contribution in [0.25, 0.3) is 10.9 Å². The predicted octanol–water partition coefficient (Wildman–Crippen LogP) is 4.80. The number of carbonyl (C=O) groups is 1. The van der Waals surface area contributed by atoms with Gasteiger partial charge in [0.2, 0.25) is 0 Å². The Bertz CT molecular complexity index is 1120. The second-order valence-corrected chi connectivity index (χ2v) is 7.45. The molecule has 0 saturated carbocycles. The fourth-order valence-electron chi connectivity index (χ4n) is 3.43. The summed E-state index contributed by atoms with van der Waals surface area (Å²) in [6.45, 7) is 5.04. The number of amides is 1. The molecule has 0 spiro atoms. The lowest BCUT2D eigenvalue weighted by Crippen LogP contribution is -2.11. The highest BCUT2D eigenvalue weighted by Crippen LogP contribution is 2.21. The average molecular weight is 372 g/mol. The third kappa shape index (κ3) is 3.56. The highest BCUT2D eigenvalue weighted by molar-refractivity contribution is 6.12. The van der Waals surface area contributed by atoms with Crippen LogP contribution < -0.4 is 5.32 Å². The maximum Gasteiger partial charge on any atom is 0.257 e. The summed E-state index contributed by atoms with van der Waals surface area (Å²) in [5, 5.41) is 8.28. The summed E-state index contributed by atoms with van der Waals surface area (Å²) in [6.07, 6.45) is 5.41. The van der Waals surface area contributed by atoms with E-state index in [4.69, 9.17) is 0 Å². The summed E-state index contributed by atoms with van der Waals surface area (Å²) >= 11 is 0. The molecule has 142 valence electrons. The SMILES string of the molecule is CC(C)c1ccc(Cn2cc(NC(=O)c3cn(C)c4ccccc34)cn2)cc1. The molecule has 2 aromatic carbocycles. The minimum absolute atomic E-state index is 0.127. The van der Waals surface area contributed by atoms with Gasteiger partial charge in [-0.3, -0.25) is 9.48 Å². The Hall–Kier alpha value is -3.34. The Kier molecular flexibility index (Phi) is 4.74. The topological polar surface area (TPSA) is 51.9 Å². The predicted molar refractivity (Wildman–Crippen MR) is 113 cm³/mol. The summed E-state index contributed by atoms with van der Waals surface area (Å²) in [6, 6.07) is 16.5. The maximum absolute atomic E-state index is 12.7. The number of aromatic nitrogens is 3. The van der Waals surface area contributed by atoms with Gasteiger partial charge in [-0.05, 0) is 23.1 Å². The van der Waals surface area contributed by atoms with Crippen LogP contribution in [0.15, 0.2) is 67.1 Å². The van der Waals surface area contributed by atoms with E-state index in [1.54, 1.807) is 6.20 Å². The second kappa shape index (κ2) is 7.35. The molecule has 5 nitrogen and oxygen atoms in total. The fraction of sp³-hybridized carbons (Fsp3) is 0.217. The molecule has 0 aliphatic rings. The molecule has 0 unspecified atom stereocenters. The van der Waals surface area contributed by atoms with Crippen molar-refractivity contribution in [3.63, 3.8) is 0 Å². The molecule has 4 rings (SSSR count). The van der Waals surface area contributed by atoms with Gasteiger partial charge in [0, 0.05) is 30.3 Å². The van der Waals surface area contributed by atoms with Crippen molar-refractivity contribution in [3.05, 3.63) is 83.8 Å². The van der Waals surface area contributed by atoms with Crippen LogP contribution in [0, 0.1) is 0 Å². The van der Waals surface area contributed by atoms with Gasteiger partial charge in [-0.2, -0.15) is 5.10 Å². The smallest absolute Gasteiger partial charge is 0.257 e. The largest absolute Gasteiger partial charge is 0.350 e. The first-order valence-electron chi connectivity index (χ1n) is 9.48. The molecule has 0 saturated heterocycles. The molecule has 2 aromatic heterocycles. The van der Waals surface area contributed by atoms with Gasteiger partial charge in [0.15, 0.2) is 0 Å². The van der Waals surface area contributed by atoms with E-state index >= 15 is 0 Å². The molecule has 0 fully saturated rings. The summed E-state index contributed by atoms with van der Waals surface area (Å²) in [4.78, 5) is 12.7. The van der Waals surface area contributed by atoms with Crippen molar-refractivity contribution in [1.29, 1.82) is 0 Å². The number of hydrogen-bond acceptors (Lipinski definition) is 2. The van der Waals surface area contributed by atoms with Crippen LogP contribution in [0.1, 0.15) is 41.3 Å². The van der Waals surface area contributed by atoms with E-state index in [1.165, 1.54) is 11.1 Å². The molecule has 28 heavy (non-hydrogen) atoms. The van der Waals surface area contributed by atoms with Crippen LogP contribution >= 0.6 is 0 Å². The minimum Gasteiger partial charge on any atom is -0.350 e. The summed E-state index contributed by atoms with van der Waals surface area (Å²) in [5.74, 6) is 0.396. The first-order valence-corrected chi connectivity index (χ1v) is 9.48. The number of benzene rings is 2. The number of rotatable bonds is 5.